The lowest BCUT2D eigenvalue weighted by Crippen LogP contribution is -2.47. The molecule has 0 aromatic heterocycles. The second-order valence-corrected chi connectivity index (χ2v) is 6.88. The zero-order valence-electron chi connectivity index (χ0n) is 12.7. The minimum atomic E-state index is -0.0464. The SMILES string of the molecule is CCCC1NC(c2cccc(Cl)c2)N(C2CC(C)C2)C1=O. The number of amides is 1. The van der Waals surface area contributed by atoms with E-state index < -0.39 is 0 Å². The summed E-state index contributed by atoms with van der Waals surface area (Å²) in [7, 11) is 0. The molecule has 2 fully saturated rings. The second kappa shape index (κ2) is 5.98. The van der Waals surface area contributed by atoms with Crippen LogP contribution in [0, 0.1) is 5.92 Å². The lowest BCUT2D eigenvalue weighted by Gasteiger charge is -2.42. The van der Waals surface area contributed by atoms with Crippen molar-refractivity contribution in [3.05, 3.63) is 34.9 Å². The Morgan fingerprint density at radius 2 is 2.14 bits per heavy atom. The third-order valence-electron chi connectivity index (χ3n) is 4.67. The minimum Gasteiger partial charge on any atom is -0.319 e. The van der Waals surface area contributed by atoms with Gasteiger partial charge in [-0.15, -0.1) is 0 Å². The molecule has 1 aromatic carbocycles. The lowest BCUT2D eigenvalue weighted by molar-refractivity contribution is -0.135. The molecule has 0 radical (unpaired) electrons. The predicted octanol–water partition coefficient (Wildman–Crippen LogP) is 3.74. The van der Waals surface area contributed by atoms with Crippen LogP contribution in [-0.4, -0.2) is 22.9 Å². The Hall–Kier alpha value is -1.06. The highest BCUT2D eigenvalue weighted by Gasteiger charge is 2.45. The first-order valence-electron chi connectivity index (χ1n) is 7.93. The van der Waals surface area contributed by atoms with Gasteiger partial charge in [-0.3, -0.25) is 10.1 Å². The van der Waals surface area contributed by atoms with Gasteiger partial charge in [0.1, 0.15) is 6.17 Å². The number of carbonyl (C=O) groups is 1. The monoisotopic (exact) mass is 306 g/mol. The summed E-state index contributed by atoms with van der Waals surface area (Å²) in [4.78, 5) is 14.8. The number of halogens is 1. The number of hydrogen-bond acceptors (Lipinski definition) is 2. The highest BCUT2D eigenvalue weighted by atomic mass is 35.5. The molecular formula is C17H23ClN2O. The Morgan fingerprint density at radius 3 is 2.76 bits per heavy atom. The number of hydrogen-bond donors (Lipinski definition) is 1. The molecule has 1 saturated heterocycles. The molecule has 2 atom stereocenters. The molecule has 3 rings (SSSR count). The zero-order valence-corrected chi connectivity index (χ0v) is 13.4. The molecule has 1 aliphatic heterocycles. The maximum absolute atomic E-state index is 12.7. The summed E-state index contributed by atoms with van der Waals surface area (Å²) in [6, 6.07) is 8.19. The fourth-order valence-electron chi connectivity index (χ4n) is 3.56. The molecule has 2 aliphatic rings. The lowest BCUT2D eigenvalue weighted by atomic mass is 9.80. The molecule has 0 bridgehead atoms. The van der Waals surface area contributed by atoms with Gasteiger partial charge in [0.2, 0.25) is 5.91 Å². The molecular weight excluding hydrogens is 284 g/mol. The average molecular weight is 307 g/mol. The summed E-state index contributed by atoms with van der Waals surface area (Å²) >= 11 is 6.12. The number of nitrogens with one attached hydrogen (secondary N) is 1. The molecule has 1 aliphatic carbocycles. The Bertz CT molecular complexity index is 527. The Labute approximate surface area is 131 Å². The summed E-state index contributed by atoms with van der Waals surface area (Å²) in [6.45, 7) is 4.37. The fraction of sp³-hybridized carbons (Fsp3) is 0.588. The molecule has 21 heavy (non-hydrogen) atoms. The average Bonchev–Trinajstić information content (AvgIpc) is 2.73. The summed E-state index contributed by atoms with van der Waals surface area (Å²) in [5.41, 5.74) is 1.09. The smallest absolute Gasteiger partial charge is 0.241 e. The van der Waals surface area contributed by atoms with Gasteiger partial charge in [-0.05, 0) is 42.9 Å². The Morgan fingerprint density at radius 1 is 1.38 bits per heavy atom. The van der Waals surface area contributed by atoms with Crippen molar-refractivity contribution in [2.24, 2.45) is 5.92 Å². The van der Waals surface area contributed by atoms with Crippen LogP contribution in [0.5, 0.6) is 0 Å². The number of carbonyl (C=O) groups excluding carboxylic acids is 1. The van der Waals surface area contributed by atoms with Crippen molar-refractivity contribution in [1.29, 1.82) is 0 Å². The number of rotatable bonds is 4. The summed E-state index contributed by atoms with van der Waals surface area (Å²) in [5, 5.41) is 4.24. The van der Waals surface area contributed by atoms with E-state index in [1.54, 1.807) is 0 Å². The second-order valence-electron chi connectivity index (χ2n) is 6.44. The van der Waals surface area contributed by atoms with Crippen LogP contribution >= 0.6 is 11.6 Å². The van der Waals surface area contributed by atoms with E-state index >= 15 is 0 Å². The molecule has 1 saturated carbocycles. The van der Waals surface area contributed by atoms with Crippen molar-refractivity contribution in [2.75, 3.05) is 0 Å². The molecule has 1 amide bonds. The van der Waals surface area contributed by atoms with Crippen LogP contribution in [0.1, 0.15) is 51.3 Å². The van der Waals surface area contributed by atoms with Crippen LogP contribution in [0.3, 0.4) is 0 Å². The van der Waals surface area contributed by atoms with Crippen LogP contribution in [0.25, 0.3) is 0 Å². The molecule has 2 unspecified atom stereocenters. The first-order valence-corrected chi connectivity index (χ1v) is 8.31. The molecule has 114 valence electrons. The van der Waals surface area contributed by atoms with E-state index in [1.165, 1.54) is 0 Å². The maximum atomic E-state index is 12.7. The van der Waals surface area contributed by atoms with E-state index in [2.05, 4.69) is 30.1 Å². The van der Waals surface area contributed by atoms with Gasteiger partial charge in [0.25, 0.3) is 0 Å². The Kier molecular flexibility index (Phi) is 4.23. The van der Waals surface area contributed by atoms with Crippen molar-refractivity contribution in [3.63, 3.8) is 0 Å². The third-order valence-corrected chi connectivity index (χ3v) is 4.91. The van der Waals surface area contributed by atoms with Gasteiger partial charge in [0.05, 0.1) is 6.04 Å². The standard InChI is InChI=1S/C17H23ClN2O/c1-3-5-15-17(21)20(14-8-11(2)9-14)16(19-15)12-6-4-7-13(18)10-12/h4,6-7,10-11,14-16,19H,3,5,8-9H2,1-2H3. The van der Waals surface area contributed by atoms with Crippen LogP contribution < -0.4 is 5.32 Å². The van der Waals surface area contributed by atoms with Crippen LogP contribution in [-0.2, 0) is 4.79 Å². The topological polar surface area (TPSA) is 32.3 Å². The van der Waals surface area contributed by atoms with E-state index in [9.17, 15) is 4.79 Å². The molecule has 1 heterocycles. The first kappa shape index (κ1) is 14.9. The summed E-state index contributed by atoms with van der Waals surface area (Å²) < 4.78 is 0. The largest absolute Gasteiger partial charge is 0.319 e. The van der Waals surface area contributed by atoms with E-state index in [0.717, 1.165) is 42.2 Å². The Balaban J connectivity index is 1.86. The predicted molar refractivity (Wildman–Crippen MR) is 85.1 cm³/mol. The van der Waals surface area contributed by atoms with Crippen LogP contribution in [0.2, 0.25) is 5.02 Å². The van der Waals surface area contributed by atoms with Crippen molar-refractivity contribution in [3.8, 4) is 0 Å². The van der Waals surface area contributed by atoms with Crippen molar-refractivity contribution < 1.29 is 4.79 Å². The first-order chi connectivity index (χ1) is 10.1. The highest BCUT2D eigenvalue weighted by molar-refractivity contribution is 6.30. The van der Waals surface area contributed by atoms with E-state index in [4.69, 9.17) is 11.6 Å². The van der Waals surface area contributed by atoms with Crippen LogP contribution in [0.4, 0.5) is 0 Å². The minimum absolute atomic E-state index is 0.0229. The highest BCUT2D eigenvalue weighted by Crippen LogP contribution is 2.39. The molecule has 0 spiro atoms. The van der Waals surface area contributed by atoms with Gasteiger partial charge in [0.15, 0.2) is 0 Å². The van der Waals surface area contributed by atoms with E-state index in [1.807, 2.05) is 18.2 Å². The van der Waals surface area contributed by atoms with Crippen molar-refractivity contribution in [2.45, 2.75) is 57.8 Å². The van der Waals surface area contributed by atoms with Gasteiger partial charge in [-0.25, -0.2) is 0 Å². The normalized spacial score (nSPS) is 32.3. The van der Waals surface area contributed by atoms with Crippen LogP contribution in [0.15, 0.2) is 24.3 Å². The van der Waals surface area contributed by atoms with E-state index in [-0.39, 0.29) is 18.1 Å². The number of benzene rings is 1. The van der Waals surface area contributed by atoms with Gasteiger partial charge in [-0.1, -0.05) is 44.0 Å². The molecule has 4 heteroatoms. The fourth-order valence-corrected chi connectivity index (χ4v) is 3.75. The zero-order chi connectivity index (χ0) is 15.0. The quantitative estimate of drug-likeness (QED) is 0.919. The third kappa shape index (κ3) is 2.82. The van der Waals surface area contributed by atoms with Crippen molar-refractivity contribution in [1.82, 2.24) is 10.2 Å². The van der Waals surface area contributed by atoms with Gasteiger partial charge in [0, 0.05) is 11.1 Å². The molecule has 1 N–H and O–H groups in total. The molecule has 3 nitrogen and oxygen atoms in total. The van der Waals surface area contributed by atoms with Crippen molar-refractivity contribution >= 4 is 17.5 Å². The molecule has 1 aromatic rings. The summed E-state index contributed by atoms with van der Waals surface area (Å²) in [6.07, 6.45) is 4.12. The number of nitrogens with zero attached hydrogens (tertiary/aromatic N) is 1. The van der Waals surface area contributed by atoms with Gasteiger partial charge < -0.3 is 4.90 Å². The summed E-state index contributed by atoms with van der Waals surface area (Å²) in [5.74, 6) is 0.992. The van der Waals surface area contributed by atoms with Gasteiger partial charge >= 0.3 is 0 Å². The maximum Gasteiger partial charge on any atom is 0.241 e. The van der Waals surface area contributed by atoms with E-state index in [0.29, 0.717) is 6.04 Å². The van der Waals surface area contributed by atoms with Gasteiger partial charge in [-0.2, -0.15) is 0 Å².